The summed E-state index contributed by atoms with van der Waals surface area (Å²) in [5, 5.41) is 0. The number of aliphatic hydroxyl groups is 1. The van der Waals surface area contributed by atoms with Crippen LogP contribution in [-0.4, -0.2) is 39.0 Å². The number of ether oxygens (including phenoxy) is 1. The molecular formula is C30H47IN2ORu-. The summed E-state index contributed by atoms with van der Waals surface area (Å²) in [4.78, 5) is 4.92. The molecule has 35 heavy (non-hydrogen) atoms. The summed E-state index contributed by atoms with van der Waals surface area (Å²) < 4.78 is 6.84. The Hall–Kier alpha value is -0.777. The Morgan fingerprint density at radius 1 is 0.914 bits per heavy atom. The summed E-state index contributed by atoms with van der Waals surface area (Å²) in [7, 11) is 0. The minimum atomic E-state index is 0. The Morgan fingerprint density at radius 3 is 1.94 bits per heavy atom. The molecule has 0 radical (unpaired) electrons. The summed E-state index contributed by atoms with van der Waals surface area (Å²) in [6, 6.07) is 15.1. The minimum Gasteiger partial charge on any atom is -0.507 e. The number of benzene rings is 2. The fourth-order valence-electron chi connectivity index (χ4n) is 4.03. The Bertz CT molecular complexity index is 908. The largest absolute Gasteiger partial charge is 0.507 e. The smallest absolute Gasteiger partial charge is 0.0152 e. The van der Waals surface area contributed by atoms with Crippen molar-refractivity contribution in [1.29, 1.82) is 0 Å². The average Bonchev–Trinajstić information content (AvgIpc) is 3.25. The molecule has 3 rings (SSSR count). The molecule has 3 nitrogen and oxygen atoms in total. The topological polar surface area (TPSA) is 19.3 Å². The van der Waals surface area contributed by atoms with Gasteiger partial charge in [-0.25, -0.2) is 0 Å². The maximum absolute atomic E-state index is 4.56. The average molecular weight is 680 g/mol. The van der Waals surface area contributed by atoms with Gasteiger partial charge in [-0.1, -0.05) is 45.9 Å². The fourth-order valence-corrected chi connectivity index (χ4v) is 6.06. The van der Waals surface area contributed by atoms with Gasteiger partial charge in [0.1, 0.15) is 0 Å². The second-order valence-electron chi connectivity index (χ2n) is 10.7. The van der Waals surface area contributed by atoms with Gasteiger partial charge in [0.2, 0.25) is 0 Å². The van der Waals surface area contributed by atoms with Crippen molar-refractivity contribution in [3.63, 3.8) is 0 Å². The summed E-state index contributed by atoms with van der Waals surface area (Å²) >= 11 is 2.76. The number of halogens is 1. The molecule has 199 valence electrons. The van der Waals surface area contributed by atoms with Gasteiger partial charge in [-0.05, 0) is 55.8 Å². The molecule has 0 amide bonds. The van der Waals surface area contributed by atoms with E-state index >= 15 is 0 Å². The first-order chi connectivity index (χ1) is 16.0. The molecule has 0 atom stereocenters. The zero-order valence-electron chi connectivity index (χ0n) is 23.4. The van der Waals surface area contributed by atoms with Crippen LogP contribution >= 0.6 is 19.8 Å². The fraction of sp³-hybridized carbons (Fsp3) is 0.500. The summed E-state index contributed by atoms with van der Waals surface area (Å²) in [5.74, 6) is 2.23. The Morgan fingerprint density at radius 2 is 1.49 bits per heavy atom. The zero-order valence-corrected chi connectivity index (χ0v) is 27.3. The molecule has 0 saturated carbocycles. The van der Waals surface area contributed by atoms with Crippen molar-refractivity contribution in [2.24, 2.45) is 0 Å². The van der Waals surface area contributed by atoms with Crippen LogP contribution in [0.4, 0.5) is 5.69 Å². The van der Waals surface area contributed by atoms with Gasteiger partial charge in [-0.3, -0.25) is 0 Å². The molecule has 1 fully saturated rings. The summed E-state index contributed by atoms with van der Waals surface area (Å²) in [6.45, 7) is 24.7. The van der Waals surface area contributed by atoms with Crippen molar-refractivity contribution in [1.82, 2.24) is 4.90 Å². The van der Waals surface area contributed by atoms with Crippen molar-refractivity contribution >= 4 is 30.0 Å². The number of para-hydroxylation sites is 2. The standard InChI is InChI=1S/C19H31N2.C10H12O.CH3.HI.Ru/c1-14(2)16-9-8-10-17(15(3)4)18(16)20-11-12-21(13-20)19(5,6)7;1-8(2)11-10-7-5-4-6-9(10)3;;;/h8-10,13-15H,11-12H2,1-7H3;3-8H,1-2H3;1H3;1H;/q-1;;-1;;+1. The van der Waals surface area contributed by atoms with E-state index in [2.05, 4.69) is 144 Å². The van der Waals surface area contributed by atoms with Gasteiger partial charge in [0, 0.05) is 12.2 Å². The third-order valence-electron chi connectivity index (χ3n) is 5.83. The summed E-state index contributed by atoms with van der Waals surface area (Å²) in [6.07, 6.45) is 0.375. The third kappa shape index (κ3) is 9.55. The molecule has 0 spiro atoms. The van der Waals surface area contributed by atoms with Crippen molar-refractivity contribution in [2.75, 3.05) is 18.0 Å². The number of nitrogens with zero attached hydrogens (tertiary/aromatic N) is 2. The number of anilines is 1. The molecule has 0 aliphatic carbocycles. The monoisotopic (exact) mass is 680 g/mol. The molecule has 1 aliphatic heterocycles. The molecule has 0 unspecified atom stereocenters. The molecular weight excluding hydrogens is 632 g/mol. The maximum atomic E-state index is 4.56. The quantitative estimate of drug-likeness (QED) is 0.132. The van der Waals surface area contributed by atoms with Crippen LogP contribution in [0.5, 0.6) is 5.75 Å². The van der Waals surface area contributed by atoms with Gasteiger partial charge < -0.3 is 17.2 Å². The van der Waals surface area contributed by atoms with E-state index in [0.717, 1.165) is 18.8 Å². The number of rotatable bonds is 6. The normalized spacial score (nSPS) is 14.7. The van der Waals surface area contributed by atoms with Crippen LogP contribution in [0.15, 0.2) is 42.5 Å². The van der Waals surface area contributed by atoms with Crippen LogP contribution in [0.1, 0.15) is 90.8 Å². The van der Waals surface area contributed by atoms with E-state index in [1.54, 1.807) is 0 Å². The second kappa shape index (κ2) is 14.8. The maximum Gasteiger partial charge on any atom is 0.0152 e. The van der Waals surface area contributed by atoms with E-state index in [-0.39, 0.29) is 13.0 Å². The van der Waals surface area contributed by atoms with Gasteiger partial charge in [0.05, 0.1) is 0 Å². The Labute approximate surface area is 234 Å². The molecule has 2 aromatic carbocycles. The number of hydrogen-bond donors (Lipinski definition) is 0. The van der Waals surface area contributed by atoms with Crippen LogP contribution < -0.4 is 4.90 Å². The first-order valence-electron chi connectivity index (χ1n) is 12.3. The van der Waals surface area contributed by atoms with E-state index in [9.17, 15) is 0 Å². The third-order valence-corrected chi connectivity index (χ3v) is 7.87. The van der Waals surface area contributed by atoms with Crippen molar-refractivity contribution < 1.29 is 17.9 Å². The molecule has 1 aliphatic rings. The van der Waals surface area contributed by atoms with E-state index in [1.165, 1.54) is 22.4 Å². The Balaban J connectivity index is 0.000000378. The first kappa shape index (κ1) is 32.3. The van der Waals surface area contributed by atoms with Gasteiger partial charge in [-0.2, -0.15) is 6.67 Å². The van der Waals surface area contributed by atoms with Crippen LogP contribution in [-0.2, 0) is 13.2 Å². The van der Waals surface area contributed by atoms with Gasteiger partial charge >= 0.3 is 97.8 Å². The molecule has 1 heterocycles. The Kier molecular flexibility index (Phi) is 13.7. The van der Waals surface area contributed by atoms with E-state index in [0.29, 0.717) is 31.1 Å². The predicted molar refractivity (Wildman–Crippen MR) is 162 cm³/mol. The van der Waals surface area contributed by atoms with E-state index in [1.807, 2.05) is 6.07 Å². The van der Waals surface area contributed by atoms with Crippen LogP contribution in [0.3, 0.4) is 0 Å². The van der Waals surface area contributed by atoms with Gasteiger partial charge in [0.15, 0.2) is 0 Å². The second-order valence-corrected chi connectivity index (χ2v) is 14.2. The molecule has 1 saturated heterocycles. The van der Waals surface area contributed by atoms with Crippen LogP contribution in [0.2, 0.25) is 0 Å². The molecule has 0 aromatic heterocycles. The number of hydrogen-bond acceptors (Lipinski definition) is 2. The predicted octanol–water partition coefficient (Wildman–Crippen LogP) is 8.34. The first-order valence-corrected chi connectivity index (χ1v) is 18.5. The SMILES string of the molecule is CC(C)[OH+]c1ccccc1[CH]=[Ru][I].CC(C)c1cccc(C(C)C)c1N1[CH-]N(C(C)(C)C)CC1.[CH3-]. The van der Waals surface area contributed by atoms with Crippen LogP contribution in [0, 0.1) is 14.1 Å². The van der Waals surface area contributed by atoms with E-state index < -0.39 is 0 Å². The van der Waals surface area contributed by atoms with Gasteiger partial charge in [-0.15, -0.1) is 0 Å². The van der Waals surface area contributed by atoms with Crippen molar-refractivity contribution in [3.8, 4) is 5.75 Å². The van der Waals surface area contributed by atoms with Crippen LogP contribution in [0.25, 0.3) is 0 Å². The van der Waals surface area contributed by atoms with Gasteiger partial charge in [0.25, 0.3) is 0 Å². The summed E-state index contributed by atoms with van der Waals surface area (Å²) in [5.41, 5.74) is 5.85. The number of aromatic hydroxyl groups is 1. The minimum absolute atomic E-state index is 0. The van der Waals surface area contributed by atoms with Crippen molar-refractivity contribution in [2.45, 2.75) is 85.8 Å². The molecule has 0 bridgehead atoms. The van der Waals surface area contributed by atoms with E-state index in [4.69, 9.17) is 0 Å². The zero-order chi connectivity index (χ0) is 25.5. The van der Waals surface area contributed by atoms with Crippen molar-refractivity contribution in [3.05, 3.63) is 73.3 Å². The molecule has 1 N–H and O–H groups in total. The molecule has 2 aromatic rings. The molecule has 5 heteroatoms.